The number of ether oxygens (including phenoxy) is 2. The summed E-state index contributed by atoms with van der Waals surface area (Å²) >= 11 is 5.61. The Kier molecular flexibility index (Phi) is 7.08. The molecule has 0 bridgehead atoms. The van der Waals surface area contributed by atoms with Gasteiger partial charge in [0.25, 0.3) is 0 Å². The van der Waals surface area contributed by atoms with Crippen molar-refractivity contribution in [3.63, 3.8) is 0 Å². The summed E-state index contributed by atoms with van der Waals surface area (Å²) in [5.41, 5.74) is -1.21. The number of rotatable bonds is 6. The first-order valence-corrected chi connectivity index (χ1v) is 9.27. The number of nitrogens with zero attached hydrogens (tertiary/aromatic N) is 5. The van der Waals surface area contributed by atoms with Crippen LogP contribution in [0.25, 0.3) is 0 Å². The molecule has 0 atom stereocenters. The molecule has 1 amide bonds. The molecule has 12 heteroatoms. The Morgan fingerprint density at radius 2 is 2.03 bits per heavy atom. The van der Waals surface area contributed by atoms with Gasteiger partial charge in [-0.1, -0.05) is 11.6 Å². The molecular weight excluding hydrogens is 421 g/mol. The normalized spacial score (nSPS) is 11.2. The van der Waals surface area contributed by atoms with Crippen LogP contribution >= 0.6 is 11.6 Å². The van der Waals surface area contributed by atoms with E-state index in [1.165, 1.54) is 13.1 Å². The number of aromatic nitrogens is 3. The highest BCUT2D eigenvalue weighted by molar-refractivity contribution is 6.29. The summed E-state index contributed by atoms with van der Waals surface area (Å²) in [5.74, 6) is -1.15. The average molecular weight is 442 g/mol. The maximum atomic E-state index is 13.9. The van der Waals surface area contributed by atoms with Crippen molar-refractivity contribution in [3.8, 4) is 6.01 Å². The molecular formula is C18H21ClFN5O5. The lowest BCUT2D eigenvalue weighted by molar-refractivity contribution is -0.385. The van der Waals surface area contributed by atoms with E-state index >= 15 is 0 Å². The van der Waals surface area contributed by atoms with Gasteiger partial charge >= 0.3 is 17.8 Å². The van der Waals surface area contributed by atoms with Crippen LogP contribution < -0.4 is 9.64 Å². The summed E-state index contributed by atoms with van der Waals surface area (Å²) in [6, 6.07) is 0.917. The second-order valence-corrected chi connectivity index (χ2v) is 7.49. The van der Waals surface area contributed by atoms with E-state index in [0.29, 0.717) is 0 Å². The predicted molar refractivity (Wildman–Crippen MR) is 106 cm³/mol. The molecule has 30 heavy (non-hydrogen) atoms. The van der Waals surface area contributed by atoms with E-state index in [4.69, 9.17) is 21.1 Å². The number of hydrogen-bond donors (Lipinski definition) is 0. The summed E-state index contributed by atoms with van der Waals surface area (Å²) in [6.45, 7) is 7.87. The van der Waals surface area contributed by atoms with Crippen molar-refractivity contribution in [2.45, 2.75) is 46.8 Å². The second kappa shape index (κ2) is 9.16. The number of carbonyl (C=O) groups excluding carboxylic acids is 1. The van der Waals surface area contributed by atoms with Gasteiger partial charge < -0.3 is 9.47 Å². The second-order valence-electron chi connectivity index (χ2n) is 7.14. The third-order valence-corrected chi connectivity index (χ3v) is 3.82. The Morgan fingerprint density at radius 1 is 1.37 bits per heavy atom. The lowest BCUT2D eigenvalue weighted by Crippen LogP contribution is -2.37. The zero-order valence-corrected chi connectivity index (χ0v) is 17.9. The molecule has 0 radical (unpaired) electrons. The standard InChI is InChI=1S/C18H21ClFN5O5/c1-6-29-16-22-10(2)13(25(27)28)15(23-16)24(17(26)30-18(3,4)5)9-11-7-12(20)14(19)21-8-11/h7-8H,6,9H2,1-5H3. The summed E-state index contributed by atoms with van der Waals surface area (Å²) < 4.78 is 24.5. The lowest BCUT2D eigenvalue weighted by atomic mass is 10.2. The van der Waals surface area contributed by atoms with E-state index < -0.39 is 28.1 Å². The van der Waals surface area contributed by atoms with Crippen LogP contribution in [0.5, 0.6) is 6.01 Å². The lowest BCUT2D eigenvalue weighted by Gasteiger charge is -2.27. The molecule has 2 aromatic heterocycles. The molecule has 0 aromatic carbocycles. The van der Waals surface area contributed by atoms with Gasteiger partial charge in [0.1, 0.15) is 11.3 Å². The molecule has 2 heterocycles. The molecule has 0 fully saturated rings. The molecule has 0 saturated heterocycles. The Balaban J connectivity index is 2.64. The van der Waals surface area contributed by atoms with Gasteiger partial charge in [-0.2, -0.15) is 9.97 Å². The number of anilines is 1. The van der Waals surface area contributed by atoms with Crippen LogP contribution in [0.15, 0.2) is 12.3 Å². The molecule has 0 aliphatic heterocycles. The number of aryl methyl sites for hydroxylation is 1. The van der Waals surface area contributed by atoms with Crippen molar-refractivity contribution >= 4 is 29.2 Å². The first kappa shape index (κ1) is 23.2. The van der Waals surface area contributed by atoms with Gasteiger partial charge in [0.05, 0.1) is 18.1 Å². The van der Waals surface area contributed by atoms with Crippen molar-refractivity contribution in [2.75, 3.05) is 11.5 Å². The summed E-state index contributed by atoms with van der Waals surface area (Å²) in [5, 5.41) is 11.3. The largest absolute Gasteiger partial charge is 0.464 e. The number of halogens is 2. The van der Waals surface area contributed by atoms with E-state index in [0.717, 1.165) is 11.0 Å². The van der Waals surface area contributed by atoms with Crippen molar-refractivity contribution in [2.24, 2.45) is 0 Å². The summed E-state index contributed by atoms with van der Waals surface area (Å²) in [4.78, 5) is 36.5. The fourth-order valence-corrected chi connectivity index (χ4v) is 2.50. The highest BCUT2D eigenvalue weighted by Crippen LogP contribution is 2.33. The van der Waals surface area contributed by atoms with Gasteiger partial charge in [-0.25, -0.2) is 14.2 Å². The molecule has 162 valence electrons. The van der Waals surface area contributed by atoms with Crippen molar-refractivity contribution < 1.29 is 23.6 Å². The minimum Gasteiger partial charge on any atom is -0.464 e. The molecule has 2 aromatic rings. The van der Waals surface area contributed by atoms with E-state index in [-0.39, 0.29) is 41.4 Å². The molecule has 0 N–H and O–H groups in total. The molecule has 10 nitrogen and oxygen atoms in total. The summed E-state index contributed by atoms with van der Waals surface area (Å²) in [6.07, 6.45) is 0.313. The topological polar surface area (TPSA) is 121 Å². The molecule has 0 aliphatic carbocycles. The van der Waals surface area contributed by atoms with Gasteiger partial charge in [-0.3, -0.25) is 15.0 Å². The van der Waals surface area contributed by atoms with Crippen LogP contribution in [0.2, 0.25) is 5.15 Å². The van der Waals surface area contributed by atoms with Gasteiger partial charge in [-0.15, -0.1) is 0 Å². The zero-order valence-electron chi connectivity index (χ0n) is 17.1. The number of pyridine rings is 1. The van der Waals surface area contributed by atoms with Gasteiger partial charge in [0.15, 0.2) is 11.0 Å². The number of carbonyl (C=O) groups is 1. The fraction of sp³-hybridized carbons (Fsp3) is 0.444. The van der Waals surface area contributed by atoms with E-state index in [1.54, 1.807) is 27.7 Å². The Labute approximate surface area is 177 Å². The third-order valence-electron chi connectivity index (χ3n) is 3.54. The minimum absolute atomic E-state index is 0.0116. The van der Waals surface area contributed by atoms with Gasteiger partial charge in [-0.05, 0) is 46.2 Å². The van der Waals surface area contributed by atoms with Gasteiger partial charge in [0, 0.05) is 6.20 Å². The van der Waals surface area contributed by atoms with Crippen molar-refractivity contribution in [1.29, 1.82) is 0 Å². The molecule has 0 saturated carbocycles. The monoisotopic (exact) mass is 441 g/mol. The Morgan fingerprint density at radius 3 is 2.57 bits per heavy atom. The third kappa shape index (κ3) is 5.72. The maximum absolute atomic E-state index is 13.9. The van der Waals surface area contributed by atoms with Crippen LogP contribution in [0.4, 0.5) is 20.7 Å². The van der Waals surface area contributed by atoms with Crippen LogP contribution in [-0.2, 0) is 11.3 Å². The van der Waals surface area contributed by atoms with Crippen molar-refractivity contribution in [3.05, 3.63) is 44.6 Å². The molecule has 0 unspecified atom stereocenters. The molecule has 0 spiro atoms. The van der Waals surface area contributed by atoms with Crippen molar-refractivity contribution in [1.82, 2.24) is 15.0 Å². The van der Waals surface area contributed by atoms with Crippen LogP contribution in [0, 0.1) is 22.9 Å². The molecule has 2 rings (SSSR count). The number of nitro groups is 1. The SMILES string of the molecule is CCOc1nc(C)c([N+](=O)[O-])c(N(Cc2cnc(Cl)c(F)c2)C(=O)OC(C)(C)C)n1. The first-order chi connectivity index (χ1) is 13.9. The quantitative estimate of drug-likeness (QED) is 0.371. The maximum Gasteiger partial charge on any atom is 0.416 e. The zero-order chi connectivity index (χ0) is 22.6. The van der Waals surface area contributed by atoms with E-state index in [1.807, 2.05) is 0 Å². The van der Waals surface area contributed by atoms with Crippen LogP contribution in [0.3, 0.4) is 0 Å². The number of amides is 1. The fourth-order valence-electron chi connectivity index (χ4n) is 2.40. The van der Waals surface area contributed by atoms with Crippen LogP contribution in [-0.4, -0.2) is 38.2 Å². The van der Waals surface area contributed by atoms with Crippen LogP contribution in [0.1, 0.15) is 39.0 Å². The smallest absolute Gasteiger partial charge is 0.416 e. The Hall–Kier alpha value is -3.08. The average Bonchev–Trinajstić information content (AvgIpc) is 2.60. The highest BCUT2D eigenvalue weighted by atomic mass is 35.5. The molecule has 0 aliphatic rings. The minimum atomic E-state index is -0.929. The summed E-state index contributed by atoms with van der Waals surface area (Å²) in [7, 11) is 0. The Bertz CT molecular complexity index is 967. The van der Waals surface area contributed by atoms with E-state index in [9.17, 15) is 19.3 Å². The predicted octanol–water partition coefficient (Wildman–Crippen LogP) is 4.22. The number of hydrogen-bond acceptors (Lipinski definition) is 8. The highest BCUT2D eigenvalue weighted by Gasteiger charge is 2.33. The van der Waals surface area contributed by atoms with E-state index in [2.05, 4.69) is 15.0 Å². The first-order valence-electron chi connectivity index (χ1n) is 8.89. The van der Waals surface area contributed by atoms with Gasteiger partial charge in [0.2, 0.25) is 5.82 Å².